The van der Waals surface area contributed by atoms with E-state index in [1.54, 1.807) is 48.5 Å². The third-order valence-electron chi connectivity index (χ3n) is 3.88. The molecule has 0 heterocycles. The lowest BCUT2D eigenvalue weighted by Gasteiger charge is -2.13. The van der Waals surface area contributed by atoms with Gasteiger partial charge in [0.15, 0.2) is 6.61 Å². The van der Waals surface area contributed by atoms with Crippen LogP contribution in [0.15, 0.2) is 78.9 Å². The summed E-state index contributed by atoms with van der Waals surface area (Å²) in [6, 6.07) is 23.2. The summed E-state index contributed by atoms with van der Waals surface area (Å²) in [6.45, 7) is 0.0271. The van der Waals surface area contributed by atoms with E-state index in [1.807, 2.05) is 30.3 Å². The molecule has 7 heteroatoms. The van der Waals surface area contributed by atoms with Crippen LogP contribution in [0.3, 0.4) is 0 Å². The molecular formula is C22H19ClN2O4. The third-order valence-corrected chi connectivity index (χ3v) is 4.19. The molecule has 0 spiro atoms. The Hall–Kier alpha value is -3.51. The summed E-state index contributed by atoms with van der Waals surface area (Å²) in [5.41, 5.74) is 5.95. The number of carbonyl (C=O) groups excluding carboxylic acids is 2. The van der Waals surface area contributed by atoms with E-state index in [-0.39, 0.29) is 6.61 Å². The summed E-state index contributed by atoms with van der Waals surface area (Å²) < 4.78 is 11.1. The minimum atomic E-state index is -0.527. The topological polar surface area (TPSA) is 76.7 Å². The number of rotatable bonds is 7. The fraction of sp³-hybridized carbons (Fsp3) is 0.0909. The largest absolute Gasteiger partial charge is 0.488 e. The average Bonchev–Trinajstić information content (AvgIpc) is 2.76. The summed E-state index contributed by atoms with van der Waals surface area (Å²) in [5.74, 6) is -0.230. The number of halogens is 1. The van der Waals surface area contributed by atoms with Crippen LogP contribution in [0.4, 0.5) is 0 Å². The number of carbonyl (C=O) groups is 2. The van der Waals surface area contributed by atoms with Crippen molar-refractivity contribution in [1.29, 1.82) is 0 Å². The maximum Gasteiger partial charge on any atom is 0.276 e. The van der Waals surface area contributed by atoms with Gasteiger partial charge in [-0.25, -0.2) is 0 Å². The Morgan fingerprint density at radius 1 is 0.759 bits per heavy atom. The Kier molecular flexibility index (Phi) is 7.08. The van der Waals surface area contributed by atoms with Gasteiger partial charge >= 0.3 is 0 Å². The number of hydrazine groups is 1. The second kappa shape index (κ2) is 10.1. The average molecular weight is 411 g/mol. The molecule has 0 aromatic heterocycles. The summed E-state index contributed by atoms with van der Waals surface area (Å²) in [6.07, 6.45) is 0. The van der Waals surface area contributed by atoms with Gasteiger partial charge in [-0.3, -0.25) is 20.4 Å². The minimum absolute atomic E-state index is 0.295. The van der Waals surface area contributed by atoms with Gasteiger partial charge in [0.05, 0.1) is 10.6 Å². The zero-order chi connectivity index (χ0) is 20.5. The second-order valence-electron chi connectivity index (χ2n) is 5.99. The standard InChI is InChI=1S/C22H19ClN2O4/c23-18-11-5-7-13-20(18)29-15-21(26)24-25-22(27)17-10-4-6-12-19(17)28-14-16-8-2-1-3-9-16/h1-13H,14-15H2,(H,24,26)(H,25,27). The van der Waals surface area contributed by atoms with Crippen LogP contribution < -0.4 is 20.3 Å². The van der Waals surface area contributed by atoms with Crippen LogP contribution in [0, 0.1) is 0 Å². The second-order valence-corrected chi connectivity index (χ2v) is 6.40. The predicted octanol–water partition coefficient (Wildman–Crippen LogP) is 3.76. The molecular weight excluding hydrogens is 392 g/mol. The van der Waals surface area contributed by atoms with Gasteiger partial charge < -0.3 is 9.47 Å². The quantitative estimate of drug-likeness (QED) is 0.581. The van der Waals surface area contributed by atoms with E-state index < -0.39 is 11.8 Å². The zero-order valence-corrected chi connectivity index (χ0v) is 16.2. The van der Waals surface area contributed by atoms with Crippen molar-refractivity contribution in [2.24, 2.45) is 0 Å². The highest BCUT2D eigenvalue weighted by atomic mass is 35.5. The van der Waals surface area contributed by atoms with E-state index >= 15 is 0 Å². The highest BCUT2D eigenvalue weighted by Gasteiger charge is 2.13. The number of amides is 2. The van der Waals surface area contributed by atoms with Crippen molar-refractivity contribution in [2.45, 2.75) is 6.61 Å². The van der Waals surface area contributed by atoms with Crippen LogP contribution in [0.5, 0.6) is 11.5 Å². The predicted molar refractivity (Wildman–Crippen MR) is 110 cm³/mol. The van der Waals surface area contributed by atoms with Crippen molar-refractivity contribution in [3.05, 3.63) is 95.0 Å². The van der Waals surface area contributed by atoms with Crippen molar-refractivity contribution < 1.29 is 19.1 Å². The summed E-state index contributed by atoms with van der Waals surface area (Å²) in [5, 5.41) is 0.397. The highest BCUT2D eigenvalue weighted by molar-refractivity contribution is 6.32. The number of para-hydroxylation sites is 2. The van der Waals surface area contributed by atoms with E-state index in [1.165, 1.54) is 0 Å². The first kappa shape index (κ1) is 20.2. The molecule has 6 nitrogen and oxygen atoms in total. The minimum Gasteiger partial charge on any atom is -0.488 e. The van der Waals surface area contributed by atoms with Crippen LogP contribution in [-0.4, -0.2) is 18.4 Å². The van der Waals surface area contributed by atoms with Gasteiger partial charge in [0.1, 0.15) is 18.1 Å². The summed E-state index contributed by atoms with van der Waals surface area (Å²) in [4.78, 5) is 24.4. The van der Waals surface area contributed by atoms with Crippen molar-refractivity contribution in [1.82, 2.24) is 10.9 Å². The monoisotopic (exact) mass is 410 g/mol. The van der Waals surface area contributed by atoms with E-state index in [2.05, 4.69) is 10.9 Å². The zero-order valence-electron chi connectivity index (χ0n) is 15.4. The molecule has 0 aliphatic rings. The van der Waals surface area contributed by atoms with Crippen LogP contribution in [0.1, 0.15) is 15.9 Å². The van der Waals surface area contributed by atoms with Gasteiger partial charge in [-0.1, -0.05) is 66.2 Å². The molecule has 0 radical (unpaired) electrons. The van der Waals surface area contributed by atoms with E-state index in [9.17, 15) is 9.59 Å². The highest BCUT2D eigenvalue weighted by Crippen LogP contribution is 2.23. The number of nitrogens with one attached hydrogen (secondary N) is 2. The molecule has 0 bridgehead atoms. The maximum absolute atomic E-state index is 12.4. The van der Waals surface area contributed by atoms with Gasteiger partial charge in [0.2, 0.25) is 0 Å². The molecule has 0 unspecified atom stereocenters. The lowest BCUT2D eigenvalue weighted by molar-refractivity contribution is -0.123. The Morgan fingerprint density at radius 3 is 2.17 bits per heavy atom. The fourth-order valence-electron chi connectivity index (χ4n) is 2.45. The molecule has 0 aliphatic carbocycles. The SMILES string of the molecule is O=C(COc1ccccc1Cl)NNC(=O)c1ccccc1OCc1ccccc1. The van der Waals surface area contributed by atoms with E-state index in [0.717, 1.165) is 5.56 Å². The molecule has 2 amide bonds. The molecule has 0 fully saturated rings. The van der Waals surface area contributed by atoms with Crippen molar-refractivity contribution in [2.75, 3.05) is 6.61 Å². The molecule has 0 atom stereocenters. The van der Waals surface area contributed by atoms with E-state index in [4.69, 9.17) is 21.1 Å². The number of hydrogen-bond acceptors (Lipinski definition) is 4. The van der Waals surface area contributed by atoms with Crippen molar-refractivity contribution in [3.8, 4) is 11.5 Å². The van der Waals surface area contributed by atoms with Crippen molar-refractivity contribution >= 4 is 23.4 Å². The lowest BCUT2D eigenvalue weighted by atomic mass is 10.2. The first-order chi connectivity index (χ1) is 14.1. The molecule has 0 saturated heterocycles. The van der Waals surface area contributed by atoms with Crippen molar-refractivity contribution in [3.63, 3.8) is 0 Å². The number of ether oxygens (including phenoxy) is 2. The van der Waals surface area contributed by atoms with Crippen LogP contribution in [0.2, 0.25) is 5.02 Å². The van der Waals surface area contributed by atoms with Gasteiger partial charge in [-0.05, 0) is 29.8 Å². The Morgan fingerprint density at radius 2 is 1.41 bits per heavy atom. The molecule has 3 aromatic rings. The molecule has 148 valence electrons. The summed E-state index contributed by atoms with van der Waals surface area (Å²) in [7, 11) is 0. The smallest absolute Gasteiger partial charge is 0.276 e. The van der Waals surface area contributed by atoms with Crippen LogP contribution >= 0.6 is 11.6 Å². The molecule has 0 saturated carbocycles. The van der Waals surface area contributed by atoms with E-state index in [0.29, 0.717) is 28.7 Å². The molecule has 2 N–H and O–H groups in total. The van der Waals surface area contributed by atoms with Gasteiger partial charge in [0, 0.05) is 0 Å². The Bertz CT molecular complexity index is 979. The number of hydrogen-bond donors (Lipinski definition) is 2. The molecule has 3 aromatic carbocycles. The van der Waals surface area contributed by atoms with Gasteiger partial charge in [0.25, 0.3) is 11.8 Å². The summed E-state index contributed by atoms with van der Waals surface area (Å²) >= 11 is 5.97. The lowest BCUT2D eigenvalue weighted by Crippen LogP contribution is -2.43. The normalized spacial score (nSPS) is 10.1. The first-order valence-electron chi connectivity index (χ1n) is 8.86. The number of benzene rings is 3. The Balaban J connectivity index is 1.52. The first-order valence-corrected chi connectivity index (χ1v) is 9.23. The molecule has 0 aliphatic heterocycles. The van der Waals surface area contributed by atoms with Gasteiger partial charge in [-0.2, -0.15) is 0 Å². The third kappa shape index (κ3) is 5.99. The fourth-order valence-corrected chi connectivity index (χ4v) is 2.64. The Labute approximate surface area is 173 Å². The molecule has 3 rings (SSSR count). The molecule has 29 heavy (non-hydrogen) atoms. The van der Waals surface area contributed by atoms with Crippen LogP contribution in [-0.2, 0) is 11.4 Å². The maximum atomic E-state index is 12.4. The van der Waals surface area contributed by atoms with Gasteiger partial charge in [-0.15, -0.1) is 0 Å². The van der Waals surface area contributed by atoms with Crippen LogP contribution in [0.25, 0.3) is 0 Å².